The van der Waals surface area contributed by atoms with Crippen LogP contribution in [0.15, 0.2) is 77.7 Å². The molecule has 1 aliphatic heterocycles. The van der Waals surface area contributed by atoms with Gasteiger partial charge in [-0.1, -0.05) is 54.6 Å². The molecule has 3 aromatic rings. The number of aryl methyl sites for hydroxylation is 1. The predicted octanol–water partition coefficient (Wildman–Crippen LogP) is 3.86. The van der Waals surface area contributed by atoms with Crippen LogP contribution in [-0.4, -0.2) is 44.9 Å². The third kappa shape index (κ3) is 4.91. The molecule has 1 heterocycles. The first-order valence-electron chi connectivity index (χ1n) is 10.6. The zero-order valence-corrected chi connectivity index (χ0v) is 18.8. The number of carbonyl (C=O) groups is 1. The van der Waals surface area contributed by atoms with E-state index in [-0.39, 0.29) is 10.8 Å². The predicted molar refractivity (Wildman–Crippen MR) is 124 cm³/mol. The minimum Gasteiger partial charge on any atom is -0.379 e. The summed E-state index contributed by atoms with van der Waals surface area (Å²) in [6.45, 7) is 3.17. The monoisotopic (exact) mass is 450 g/mol. The Morgan fingerprint density at radius 1 is 0.969 bits per heavy atom. The van der Waals surface area contributed by atoms with Crippen LogP contribution in [0.25, 0.3) is 0 Å². The summed E-state index contributed by atoms with van der Waals surface area (Å²) < 4.78 is 32.7. The number of nitrogens with zero attached hydrogens (tertiary/aromatic N) is 1. The van der Waals surface area contributed by atoms with E-state index in [2.05, 4.69) is 5.32 Å². The van der Waals surface area contributed by atoms with E-state index < -0.39 is 10.0 Å². The number of carbonyl (C=O) groups excluding carboxylic acids is 1. The lowest BCUT2D eigenvalue weighted by atomic mass is 10.0. The Balaban J connectivity index is 1.59. The van der Waals surface area contributed by atoms with Crippen molar-refractivity contribution >= 4 is 21.6 Å². The molecule has 7 heteroatoms. The first kappa shape index (κ1) is 22.2. The second kappa shape index (κ2) is 9.65. The molecule has 0 saturated carbocycles. The number of sulfonamides is 1. The third-order valence-electron chi connectivity index (χ3n) is 5.56. The van der Waals surface area contributed by atoms with Gasteiger partial charge in [0, 0.05) is 24.3 Å². The molecule has 32 heavy (non-hydrogen) atoms. The first-order chi connectivity index (χ1) is 15.4. The van der Waals surface area contributed by atoms with Crippen molar-refractivity contribution in [3.8, 4) is 0 Å². The maximum absolute atomic E-state index is 13.2. The summed E-state index contributed by atoms with van der Waals surface area (Å²) in [6, 6.07) is 22.4. The van der Waals surface area contributed by atoms with Crippen molar-refractivity contribution < 1.29 is 17.9 Å². The maximum atomic E-state index is 13.2. The Bertz CT molecular complexity index is 1200. The highest BCUT2D eigenvalue weighted by Crippen LogP contribution is 2.23. The van der Waals surface area contributed by atoms with Crippen molar-refractivity contribution in [3.05, 3.63) is 95.1 Å². The molecule has 0 unspecified atom stereocenters. The summed E-state index contributed by atoms with van der Waals surface area (Å²) in [5.41, 5.74) is 3.89. The molecule has 0 radical (unpaired) electrons. The minimum absolute atomic E-state index is 0.118. The lowest BCUT2D eigenvalue weighted by Crippen LogP contribution is -2.40. The molecule has 0 spiro atoms. The van der Waals surface area contributed by atoms with Crippen LogP contribution >= 0.6 is 0 Å². The van der Waals surface area contributed by atoms with Gasteiger partial charge in [0.2, 0.25) is 10.0 Å². The number of para-hydroxylation sites is 1. The van der Waals surface area contributed by atoms with Crippen molar-refractivity contribution in [2.24, 2.45) is 0 Å². The van der Waals surface area contributed by atoms with Gasteiger partial charge in [0.05, 0.1) is 18.1 Å². The van der Waals surface area contributed by atoms with E-state index in [1.54, 1.807) is 19.1 Å². The normalized spacial score (nSPS) is 14.8. The van der Waals surface area contributed by atoms with E-state index >= 15 is 0 Å². The Labute approximate surface area is 188 Å². The van der Waals surface area contributed by atoms with Crippen LogP contribution in [0.5, 0.6) is 0 Å². The van der Waals surface area contributed by atoms with Gasteiger partial charge < -0.3 is 10.1 Å². The summed E-state index contributed by atoms with van der Waals surface area (Å²) in [6.07, 6.45) is 0.682. The van der Waals surface area contributed by atoms with Gasteiger partial charge in [0.1, 0.15) is 0 Å². The Morgan fingerprint density at radius 2 is 1.66 bits per heavy atom. The average molecular weight is 451 g/mol. The van der Waals surface area contributed by atoms with Crippen LogP contribution < -0.4 is 5.32 Å². The van der Waals surface area contributed by atoms with Crippen LogP contribution in [0.2, 0.25) is 0 Å². The summed E-state index contributed by atoms with van der Waals surface area (Å²) >= 11 is 0. The van der Waals surface area contributed by atoms with Crippen molar-refractivity contribution in [3.63, 3.8) is 0 Å². The van der Waals surface area contributed by atoms with E-state index in [9.17, 15) is 13.2 Å². The van der Waals surface area contributed by atoms with Gasteiger partial charge >= 0.3 is 0 Å². The van der Waals surface area contributed by atoms with Gasteiger partial charge in [-0.25, -0.2) is 8.42 Å². The van der Waals surface area contributed by atoms with Gasteiger partial charge in [-0.3, -0.25) is 4.79 Å². The van der Waals surface area contributed by atoms with E-state index in [4.69, 9.17) is 4.74 Å². The molecule has 0 atom stereocenters. The molecule has 166 valence electrons. The van der Waals surface area contributed by atoms with Crippen LogP contribution in [0, 0.1) is 6.92 Å². The first-order valence-corrected chi connectivity index (χ1v) is 12.0. The summed E-state index contributed by atoms with van der Waals surface area (Å²) in [4.78, 5) is 13.3. The molecule has 1 saturated heterocycles. The number of nitrogens with one attached hydrogen (secondary N) is 1. The van der Waals surface area contributed by atoms with E-state index in [1.165, 1.54) is 10.4 Å². The Hall–Kier alpha value is -3.00. The molecule has 1 fully saturated rings. The van der Waals surface area contributed by atoms with Gasteiger partial charge in [0.15, 0.2) is 0 Å². The number of morpholine rings is 1. The Kier molecular flexibility index (Phi) is 6.69. The highest BCUT2D eigenvalue weighted by atomic mass is 32.2. The Morgan fingerprint density at radius 3 is 2.41 bits per heavy atom. The molecule has 1 aliphatic rings. The molecule has 0 bridgehead atoms. The van der Waals surface area contributed by atoms with E-state index in [1.807, 2.05) is 54.6 Å². The summed E-state index contributed by atoms with van der Waals surface area (Å²) in [5.74, 6) is -0.331. The molecule has 3 aromatic carbocycles. The maximum Gasteiger partial charge on any atom is 0.255 e. The molecule has 6 nitrogen and oxygen atoms in total. The molecular formula is C25H26N2O4S. The number of hydrogen-bond donors (Lipinski definition) is 1. The lowest BCUT2D eigenvalue weighted by molar-refractivity contribution is 0.0730. The highest BCUT2D eigenvalue weighted by molar-refractivity contribution is 7.89. The fraction of sp³-hybridized carbons (Fsp3) is 0.240. The van der Waals surface area contributed by atoms with Gasteiger partial charge in [-0.15, -0.1) is 0 Å². The van der Waals surface area contributed by atoms with Crippen molar-refractivity contribution in [1.82, 2.24) is 4.31 Å². The lowest BCUT2D eigenvalue weighted by Gasteiger charge is -2.26. The topological polar surface area (TPSA) is 75.7 Å². The highest BCUT2D eigenvalue weighted by Gasteiger charge is 2.27. The number of anilines is 1. The molecule has 4 rings (SSSR count). The van der Waals surface area contributed by atoms with Crippen molar-refractivity contribution in [2.45, 2.75) is 18.2 Å². The van der Waals surface area contributed by atoms with Gasteiger partial charge in [0.25, 0.3) is 5.91 Å². The number of benzene rings is 3. The number of rotatable bonds is 6. The van der Waals surface area contributed by atoms with E-state index in [0.717, 1.165) is 11.1 Å². The third-order valence-corrected chi connectivity index (χ3v) is 7.46. The minimum atomic E-state index is -3.68. The zero-order chi connectivity index (χ0) is 22.6. The van der Waals surface area contributed by atoms with Crippen LogP contribution in [0.3, 0.4) is 0 Å². The molecular weight excluding hydrogens is 424 g/mol. The SMILES string of the molecule is Cc1ccc(S(=O)(=O)N2CCOCC2)cc1C(=O)Nc1ccccc1Cc1ccccc1. The van der Waals surface area contributed by atoms with Crippen LogP contribution in [-0.2, 0) is 21.2 Å². The number of amides is 1. The van der Waals surface area contributed by atoms with Crippen molar-refractivity contribution in [2.75, 3.05) is 31.6 Å². The van der Waals surface area contributed by atoms with Crippen LogP contribution in [0.4, 0.5) is 5.69 Å². The molecule has 1 amide bonds. The molecule has 1 N–H and O–H groups in total. The largest absolute Gasteiger partial charge is 0.379 e. The standard InChI is InChI=1S/C25H26N2O4S/c1-19-11-12-22(32(29,30)27-13-15-31-16-14-27)18-23(19)25(28)26-24-10-6-5-9-21(24)17-20-7-3-2-4-8-20/h2-12,18H,13-17H2,1H3,(H,26,28). The van der Waals surface area contributed by atoms with E-state index in [0.29, 0.717) is 49.5 Å². The number of ether oxygens (including phenoxy) is 1. The zero-order valence-electron chi connectivity index (χ0n) is 18.0. The quantitative estimate of drug-likeness (QED) is 0.619. The number of hydrogen-bond acceptors (Lipinski definition) is 4. The van der Waals surface area contributed by atoms with Gasteiger partial charge in [-0.05, 0) is 48.2 Å². The molecule has 0 aromatic heterocycles. The van der Waals surface area contributed by atoms with Gasteiger partial charge in [-0.2, -0.15) is 4.31 Å². The van der Waals surface area contributed by atoms with Crippen molar-refractivity contribution in [1.29, 1.82) is 0 Å². The second-order valence-corrected chi connectivity index (χ2v) is 9.70. The average Bonchev–Trinajstić information content (AvgIpc) is 2.81. The molecule has 0 aliphatic carbocycles. The fourth-order valence-corrected chi connectivity index (χ4v) is 5.18. The fourth-order valence-electron chi connectivity index (χ4n) is 3.74. The van der Waals surface area contributed by atoms with Crippen LogP contribution in [0.1, 0.15) is 27.0 Å². The summed E-state index contributed by atoms with van der Waals surface area (Å²) in [7, 11) is -3.68. The smallest absolute Gasteiger partial charge is 0.255 e. The summed E-state index contributed by atoms with van der Waals surface area (Å²) in [5, 5.41) is 2.98. The second-order valence-electron chi connectivity index (χ2n) is 7.77.